The third-order valence-corrected chi connectivity index (χ3v) is 4.64. The van der Waals surface area contributed by atoms with Crippen molar-refractivity contribution in [3.8, 4) is 0 Å². The zero-order chi connectivity index (χ0) is 15.4. The maximum atomic E-state index is 11.0. The second-order valence-electron chi connectivity index (χ2n) is 5.20. The van der Waals surface area contributed by atoms with Gasteiger partial charge in [-0.1, -0.05) is 42.5 Å². The lowest BCUT2D eigenvalue weighted by Crippen LogP contribution is -2.16. The summed E-state index contributed by atoms with van der Waals surface area (Å²) in [4.78, 5) is 11.4. The van der Waals surface area contributed by atoms with Crippen LogP contribution in [0.2, 0.25) is 0 Å². The Hall–Kier alpha value is -2.17. The van der Waals surface area contributed by atoms with Gasteiger partial charge in [-0.2, -0.15) is 0 Å². The van der Waals surface area contributed by atoms with Gasteiger partial charge < -0.3 is 10.4 Å². The SMILES string of the molecule is O=C(O)c1cc2ccc(CNCCc3ccccc3)cc2s1. The van der Waals surface area contributed by atoms with E-state index in [4.69, 9.17) is 5.11 Å². The van der Waals surface area contributed by atoms with Crippen molar-refractivity contribution in [2.75, 3.05) is 6.54 Å². The summed E-state index contributed by atoms with van der Waals surface area (Å²) in [6.45, 7) is 1.72. The summed E-state index contributed by atoms with van der Waals surface area (Å²) in [6, 6.07) is 18.2. The van der Waals surface area contributed by atoms with Gasteiger partial charge in [0.05, 0.1) is 0 Å². The van der Waals surface area contributed by atoms with Crippen LogP contribution >= 0.6 is 11.3 Å². The second-order valence-corrected chi connectivity index (χ2v) is 6.28. The van der Waals surface area contributed by atoms with Gasteiger partial charge in [0.1, 0.15) is 4.88 Å². The van der Waals surface area contributed by atoms with Crippen molar-refractivity contribution in [1.29, 1.82) is 0 Å². The Bertz CT molecular complexity index is 780. The summed E-state index contributed by atoms with van der Waals surface area (Å²) in [5.74, 6) is -0.858. The van der Waals surface area contributed by atoms with Crippen molar-refractivity contribution >= 4 is 27.4 Å². The van der Waals surface area contributed by atoms with Crippen LogP contribution in [-0.2, 0) is 13.0 Å². The zero-order valence-corrected chi connectivity index (χ0v) is 12.9. The van der Waals surface area contributed by atoms with Gasteiger partial charge in [0, 0.05) is 11.2 Å². The number of carboxylic acid groups (broad SMARTS) is 1. The molecule has 0 unspecified atom stereocenters. The van der Waals surface area contributed by atoms with Crippen LogP contribution in [0.15, 0.2) is 54.6 Å². The molecule has 112 valence electrons. The molecule has 0 radical (unpaired) electrons. The molecule has 0 saturated carbocycles. The lowest BCUT2D eigenvalue weighted by molar-refractivity contribution is 0.0702. The molecule has 3 rings (SSSR count). The van der Waals surface area contributed by atoms with E-state index in [1.165, 1.54) is 22.5 Å². The second kappa shape index (κ2) is 6.73. The molecule has 4 heteroatoms. The fourth-order valence-electron chi connectivity index (χ4n) is 2.40. The highest BCUT2D eigenvalue weighted by atomic mass is 32.1. The van der Waals surface area contributed by atoms with Crippen LogP contribution in [0.1, 0.15) is 20.8 Å². The molecular formula is C18H17NO2S. The third kappa shape index (κ3) is 3.53. The number of carbonyl (C=O) groups is 1. The van der Waals surface area contributed by atoms with Crippen LogP contribution in [0.3, 0.4) is 0 Å². The first-order valence-electron chi connectivity index (χ1n) is 7.23. The molecule has 0 atom stereocenters. The number of carboxylic acids is 1. The minimum atomic E-state index is -0.858. The third-order valence-electron chi connectivity index (χ3n) is 3.56. The number of fused-ring (bicyclic) bond motifs is 1. The number of benzene rings is 2. The summed E-state index contributed by atoms with van der Waals surface area (Å²) in [5.41, 5.74) is 2.51. The topological polar surface area (TPSA) is 49.3 Å². The number of nitrogens with one attached hydrogen (secondary N) is 1. The Kier molecular flexibility index (Phi) is 4.51. The number of thiophene rings is 1. The Morgan fingerprint density at radius 1 is 1.05 bits per heavy atom. The van der Waals surface area contributed by atoms with Crippen molar-refractivity contribution in [2.45, 2.75) is 13.0 Å². The molecule has 0 amide bonds. The first kappa shape index (κ1) is 14.8. The van der Waals surface area contributed by atoms with E-state index in [0.717, 1.165) is 29.6 Å². The minimum absolute atomic E-state index is 0.393. The van der Waals surface area contributed by atoms with E-state index in [-0.39, 0.29) is 0 Å². The molecule has 0 aliphatic carbocycles. The normalized spacial score (nSPS) is 10.9. The number of aromatic carboxylic acids is 1. The molecular weight excluding hydrogens is 294 g/mol. The Morgan fingerprint density at radius 3 is 2.64 bits per heavy atom. The summed E-state index contributed by atoms with van der Waals surface area (Å²) >= 11 is 1.33. The lowest BCUT2D eigenvalue weighted by Gasteiger charge is -2.05. The van der Waals surface area contributed by atoms with Crippen LogP contribution in [-0.4, -0.2) is 17.6 Å². The van der Waals surface area contributed by atoms with Crippen LogP contribution < -0.4 is 5.32 Å². The van der Waals surface area contributed by atoms with Gasteiger partial charge in [0.2, 0.25) is 0 Å². The minimum Gasteiger partial charge on any atom is -0.477 e. The predicted molar refractivity (Wildman–Crippen MR) is 90.6 cm³/mol. The van der Waals surface area contributed by atoms with E-state index in [1.807, 2.05) is 12.1 Å². The van der Waals surface area contributed by atoms with E-state index in [2.05, 4.69) is 41.7 Å². The Morgan fingerprint density at radius 2 is 1.86 bits per heavy atom. The van der Waals surface area contributed by atoms with Gasteiger partial charge >= 0.3 is 5.97 Å². The molecule has 0 spiro atoms. The number of hydrogen-bond donors (Lipinski definition) is 2. The summed E-state index contributed by atoms with van der Waals surface area (Å²) < 4.78 is 1.03. The maximum Gasteiger partial charge on any atom is 0.345 e. The van der Waals surface area contributed by atoms with Gasteiger partial charge in [-0.05, 0) is 41.6 Å². The standard InChI is InChI=1S/C18H17NO2S/c20-18(21)17-11-15-7-6-14(10-16(15)22-17)12-19-9-8-13-4-2-1-3-5-13/h1-7,10-11,19H,8-9,12H2,(H,20,21). The summed E-state index contributed by atoms with van der Waals surface area (Å²) in [5, 5.41) is 13.5. The average Bonchev–Trinajstić information content (AvgIpc) is 2.96. The van der Waals surface area contributed by atoms with Gasteiger partial charge in [-0.15, -0.1) is 11.3 Å². The molecule has 0 aliphatic rings. The fourth-order valence-corrected chi connectivity index (χ4v) is 3.37. The van der Waals surface area contributed by atoms with Gasteiger partial charge in [0.25, 0.3) is 0 Å². The van der Waals surface area contributed by atoms with Crippen molar-refractivity contribution in [3.63, 3.8) is 0 Å². The average molecular weight is 311 g/mol. The van der Waals surface area contributed by atoms with Crippen LogP contribution in [0.4, 0.5) is 0 Å². The quantitative estimate of drug-likeness (QED) is 0.678. The Labute approximate surface area is 133 Å². The van der Waals surface area contributed by atoms with Crippen molar-refractivity contribution in [2.24, 2.45) is 0 Å². The molecule has 1 aromatic heterocycles. The van der Waals surface area contributed by atoms with E-state index in [9.17, 15) is 4.79 Å². The molecule has 0 aliphatic heterocycles. The lowest BCUT2D eigenvalue weighted by atomic mass is 10.1. The highest BCUT2D eigenvalue weighted by Crippen LogP contribution is 2.26. The van der Waals surface area contributed by atoms with Gasteiger partial charge in [-0.25, -0.2) is 4.79 Å². The zero-order valence-electron chi connectivity index (χ0n) is 12.1. The largest absolute Gasteiger partial charge is 0.477 e. The van der Waals surface area contributed by atoms with Crippen molar-refractivity contribution in [1.82, 2.24) is 5.32 Å². The molecule has 22 heavy (non-hydrogen) atoms. The molecule has 0 fully saturated rings. The fraction of sp³-hybridized carbons (Fsp3) is 0.167. The van der Waals surface area contributed by atoms with E-state index in [1.54, 1.807) is 6.07 Å². The van der Waals surface area contributed by atoms with Crippen molar-refractivity contribution < 1.29 is 9.90 Å². The van der Waals surface area contributed by atoms with E-state index >= 15 is 0 Å². The summed E-state index contributed by atoms with van der Waals surface area (Å²) in [7, 11) is 0. The van der Waals surface area contributed by atoms with Crippen molar-refractivity contribution in [3.05, 3.63) is 70.6 Å². The number of rotatable bonds is 6. The highest BCUT2D eigenvalue weighted by molar-refractivity contribution is 7.20. The van der Waals surface area contributed by atoms with Gasteiger partial charge in [-0.3, -0.25) is 0 Å². The van der Waals surface area contributed by atoms with Gasteiger partial charge in [0.15, 0.2) is 0 Å². The maximum absolute atomic E-state index is 11.0. The highest BCUT2D eigenvalue weighted by Gasteiger charge is 2.08. The number of hydrogen-bond acceptors (Lipinski definition) is 3. The predicted octanol–water partition coefficient (Wildman–Crippen LogP) is 3.93. The van der Waals surface area contributed by atoms with E-state index < -0.39 is 5.97 Å². The molecule has 1 heterocycles. The first-order chi connectivity index (χ1) is 10.7. The molecule has 0 saturated heterocycles. The van der Waals surface area contributed by atoms with E-state index in [0.29, 0.717) is 4.88 Å². The monoisotopic (exact) mass is 311 g/mol. The molecule has 3 aromatic rings. The first-order valence-corrected chi connectivity index (χ1v) is 8.04. The van der Waals surface area contributed by atoms with Crippen LogP contribution in [0.25, 0.3) is 10.1 Å². The van der Waals surface area contributed by atoms with Crippen LogP contribution in [0.5, 0.6) is 0 Å². The Balaban J connectivity index is 1.58. The molecule has 2 aromatic carbocycles. The molecule has 0 bridgehead atoms. The smallest absolute Gasteiger partial charge is 0.345 e. The summed E-state index contributed by atoms with van der Waals surface area (Å²) in [6.07, 6.45) is 1.01. The molecule has 2 N–H and O–H groups in total. The van der Waals surface area contributed by atoms with Crippen LogP contribution in [0, 0.1) is 0 Å². The molecule has 3 nitrogen and oxygen atoms in total.